The lowest BCUT2D eigenvalue weighted by atomic mass is 9.93. The number of halogens is 1. The lowest BCUT2D eigenvalue weighted by molar-refractivity contribution is 0.163. The van der Waals surface area contributed by atoms with Crippen LogP contribution < -0.4 is 4.90 Å². The molecular formula is C31H28FNO3S2. The van der Waals surface area contributed by atoms with Gasteiger partial charge in [0.15, 0.2) is 0 Å². The first-order chi connectivity index (χ1) is 18.4. The van der Waals surface area contributed by atoms with E-state index in [0.29, 0.717) is 12.0 Å². The van der Waals surface area contributed by atoms with Gasteiger partial charge in [0, 0.05) is 16.5 Å². The first kappa shape index (κ1) is 26.2. The summed E-state index contributed by atoms with van der Waals surface area (Å²) in [7, 11) is 0. The largest absolute Gasteiger partial charge is 0.508 e. The number of anilines is 1. The minimum atomic E-state index is -0.674. The van der Waals surface area contributed by atoms with Gasteiger partial charge < -0.3 is 20.2 Å². The summed E-state index contributed by atoms with van der Waals surface area (Å²) in [6, 6.07) is 28.2. The number of phenolic OH excluding ortho intramolecular Hbond substituents is 2. The number of benzene rings is 4. The van der Waals surface area contributed by atoms with Crippen LogP contribution in [0, 0.1) is 5.82 Å². The van der Waals surface area contributed by atoms with Crippen LogP contribution >= 0.6 is 24.0 Å². The van der Waals surface area contributed by atoms with Crippen LogP contribution in [-0.2, 0) is 0 Å². The van der Waals surface area contributed by atoms with Crippen LogP contribution in [0.1, 0.15) is 42.5 Å². The Balaban J connectivity index is 1.41. The molecule has 0 spiro atoms. The number of rotatable bonds is 8. The first-order valence-electron chi connectivity index (χ1n) is 12.5. The second-order valence-electron chi connectivity index (χ2n) is 9.39. The average molecular weight is 546 g/mol. The maximum atomic E-state index is 13.3. The number of phenols is 2. The minimum Gasteiger partial charge on any atom is -0.508 e. The van der Waals surface area contributed by atoms with Crippen molar-refractivity contribution in [3.8, 4) is 22.6 Å². The topological polar surface area (TPSA) is 63.9 Å². The van der Waals surface area contributed by atoms with Gasteiger partial charge in [-0.25, -0.2) is 4.39 Å². The Kier molecular flexibility index (Phi) is 7.98. The number of thioether (sulfide) groups is 1. The van der Waals surface area contributed by atoms with Crippen molar-refractivity contribution in [1.29, 1.82) is 0 Å². The Hall–Kier alpha value is -3.39. The molecule has 3 atom stereocenters. The molecule has 0 saturated carbocycles. The predicted molar refractivity (Wildman–Crippen MR) is 156 cm³/mol. The Bertz CT molecular complexity index is 1410. The van der Waals surface area contributed by atoms with Crippen molar-refractivity contribution in [3.63, 3.8) is 0 Å². The minimum absolute atomic E-state index is 0.0562. The highest BCUT2D eigenvalue weighted by atomic mass is 32.2. The van der Waals surface area contributed by atoms with Crippen LogP contribution in [-0.4, -0.2) is 24.9 Å². The highest BCUT2D eigenvalue weighted by Crippen LogP contribution is 2.49. The molecule has 194 valence electrons. The molecule has 38 heavy (non-hydrogen) atoms. The summed E-state index contributed by atoms with van der Waals surface area (Å²) in [6.45, 7) is 0. The van der Waals surface area contributed by atoms with Crippen LogP contribution in [0.25, 0.3) is 11.1 Å². The quantitative estimate of drug-likeness (QED) is 0.197. The number of hydrogen-bond acceptors (Lipinski definition) is 5. The third kappa shape index (κ3) is 5.70. The molecule has 4 aromatic rings. The molecule has 0 aliphatic carbocycles. The summed E-state index contributed by atoms with van der Waals surface area (Å²) < 4.78 is 14.0. The Morgan fingerprint density at radius 1 is 0.868 bits per heavy atom. The number of thiocarbonyl (C=S) groups is 1. The Morgan fingerprint density at radius 2 is 1.61 bits per heavy atom. The Morgan fingerprint density at radius 3 is 2.32 bits per heavy atom. The summed E-state index contributed by atoms with van der Waals surface area (Å²) in [4.78, 5) is 2.10. The SMILES string of the molecule is Oc1cccc(-c2ccc([C@@H]3[C@@H](CCCC(O)c4ccc(F)cc4)SC(=S)N3c3ccccc3)c(O)c2)c1. The lowest BCUT2D eigenvalue weighted by Crippen LogP contribution is -2.29. The number of aromatic hydroxyl groups is 2. The second-order valence-corrected chi connectivity index (χ2v) is 11.3. The molecule has 1 unspecified atom stereocenters. The van der Waals surface area contributed by atoms with Crippen LogP contribution in [0.5, 0.6) is 11.5 Å². The van der Waals surface area contributed by atoms with Crippen molar-refractivity contribution in [2.75, 3.05) is 4.90 Å². The van der Waals surface area contributed by atoms with Gasteiger partial charge >= 0.3 is 0 Å². The normalized spacial score (nSPS) is 18.1. The molecule has 1 saturated heterocycles. The van der Waals surface area contributed by atoms with Gasteiger partial charge in [0.05, 0.1) is 12.1 Å². The van der Waals surface area contributed by atoms with Gasteiger partial charge in [0.25, 0.3) is 0 Å². The number of nitrogens with zero attached hydrogens (tertiary/aromatic N) is 1. The Labute approximate surface area is 231 Å². The van der Waals surface area contributed by atoms with Gasteiger partial charge in [-0.3, -0.25) is 0 Å². The molecule has 1 fully saturated rings. The molecule has 1 aliphatic heterocycles. The van der Waals surface area contributed by atoms with E-state index in [0.717, 1.165) is 39.5 Å². The molecule has 5 rings (SSSR count). The average Bonchev–Trinajstić information content (AvgIpc) is 3.24. The van der Waals surface area contributed by atoms with Crippen LogP contribution in [0.15, 0.2) is 97.1 Å². The third-order valence-electron chi connectivity index (χ3n) is 6.86. The van der Waals surface area contributed by atoms with Crippen molar-refractivity contribution in [2.45, 2.75) is 36.7 Å². The van der Waals surface area contributed by atoms with Crippen molar-refractivity contribution in [2.24, 2.45) is 0 Å². The fourth-order valence-electron chi connectivity index (χ4n) is 4.96. The predicted octanol–water partition coefficient (Wildman–Crippen LogP) is 7.76. The fourth-order valence-corrected chi connectivity index (χ4v) is 6.83. The fraction of sp³-hybridized carbons (Fsp3) is 0.194. The molecular weight excluding hydrogens is 517 g/mol. The molecule has 4 nitrogen and oxygen atoms in total. The summed E-state index contributed by atoms with van der Waals surface area (Å²) in [5.41, 5.74) is 4.05. The number of aliphatic hydroxyl groups is 1. The van der Waals surface area contributed by atoms with E-state index in [1.807, 2.05) is 48.5 Å². The molecule has 0 radical (unpaired) electrons. The van der Waals surface area contributed by atoms with Crippen molar-refractivity contribution < 1.29 is 19.7 Å². The van der Waals surface area contributed by atoms with Gasteiger partial charge in [-0.2, -0.15) is 0 Å². The summed E-state index contributed by atoms with van der Waals surface area (Å²) in [5, 5.41) is 31.8. The highest BCUT2D eigenvalue weighted by molar-refractivity contribution is 8.24. The molecule has 0 bridgehead atoms. The molecule has 3 N–H and O–H groups in total. The maximum Gasteiger partial charge on any atom is 0.141 e. The van der Waals surface area contributed by atoms with E-state index in [1.165, 1.54) is 12.1 Å². The van der Waals surface area contributed by atoms with E-state index < -0.39 is 6.10 Å². The molecule has 1 heterocycles. The standard InChI is InChI=1S/C31H28FNO3S2/c32-23-15-12-20(13-16-23)27(35)10-5-11-29-30(33(31(37)38-29)24-7-2-1-3-8-24)26-17-14-22(19-28(26)36)21-6-4-9-25(34)18-21/h1-4,6-9,12-19,27,29-30,34-36H,5,10-11H2/t27?,29-,30-/m1/s1. The first-order valence-corrected chi connectivity index (χ1v) is 13.8. The van der Waals surface area contributed by atoms with Crippen molar-refractivity contribution >= 4 is 34.0 Å². The van der Waals surface area contributed by atoms with Crippen molar-refractivity contribution in [1.82, 2.24) is 0 Å². The van der Waals surface area contributed by atoms with E-state index in [9.17, 15) is 19.7 Å². The van der Waals surface area contributed by atoms with Gasteiger partial charge in [0.1, 0.15) is 21.6 Å². The number of para-hydroxylation sites is 1. The van der Waals surface area contributed by atoms with E-state index in [4.69, 9.17) is 12.2 Å². The molecule has 4 aromatic carbocycles. The summed E-state index contributed by atoms with van der Waals surface area (Å²) in [5.74, 6) is 0.00993. The summed E-state index contributed by atoms with van der Waals surface area (Å²) in [6.07, 6.45) is 1.37. The van der Waals surface area contributed by atoms with Crippen LogP contribution in [0.2, 0.25) is 0 Å². The monoisotopic (exact) mass is 545 g/mol. The van der Waals surface area contributed by atoms with E-state index in [1.54, 1.807) is 48.2 Å². The highest BCUT2D eigenvalue weighted by Gasteiger charge is 2.41. The van der Waals surface area contributed by atoms with Crippen molar-refractivity contribution in [3.05, 3.63) is 114 Å². The van der Waals surface area contributed by atoms with Crippen LogP contribution in [0.4, 0.5) is 10.1 Å². The second kappa shape index (κ2) is 11.6. The van der Waals surface area contributed by atoms with E-state index >= 15 is 0 Å². The van der Waals surface area contributed by atoms with Gasteiger partial charge in [-0.05, 0) is 78.4 Å². The van der Waals surface area contributed by atoms with E-state index in [-0.39, 0.29) is 28.6 Å². The van der Waals surface area contributed by atoms with Gasteiger partial charge in [-0.1, -0.05) is 78.6 Å². The summed E-state index contributed by atoms with van der Waals surface area (Å²) >= 11 is 7.44. The van der Waals surface area contributed by atoms with Gasteiger partial charge in [-0.15, -0.1) is 0 Å². The molecule has 1 aliphatic rings. The molecule has 7 heteroatoms. The van der Waals surface area contributed by atoms with Gasteiger partial charge in [0.2, 0.25) is 0 Å². The lowest BCUT2D eigenvalue weighted by Gasteiger charge is -2.30. The zero-order valence-corrected chi connectivity index (χ0v) is 22.2. The van der Waals surface area contributed by atoms with E-state index in [2.05, 4.69) is 4.90 Å². The maximum absolute atomic E-state index is 13.3. The molecule has 0 amide bonds. The third-order valence-corrected chi connectivity index (χ3v) is 8.54. The number of aliphatic hydroxyl groups excluding tert-OH is 1. The van der Waals surface area contributed by atoms with Crippen LogP contribution in [0.3, 0.4) is 0 Å². The zero-order chi connectivity index (χ0) is 26.6. The number of hydrogen-bond donors (Lipinski definition) is 3. The smallest absolute Gasteiger partial charge is 0.141 e. The zero-order valence-electron chi connectivity index (χ0n) is 20.6. The molecule has 0 aromatic heterocycles.